The Morgan fingerprint density at radius 1 is 0.887 bits per heavy atom. The molecule has 2 atom stereocenters. The first kappa shape index (κ1) is 36.0. The molecule has 1 saturated heterocycles. The molecule has 2 aliphatic rings. The van der Waals surface area contributed by atoms with Gasteiger partial charge in [-0.05, 0) is 115 Å². The van der Waals surface area contributed by atoms with Gasteiger partial charge in [0.1, 0.15) is 30.0 Å². The number of hydrogen-bond donors (Lipinski definition) is 1. The molecule has 1 aliphatic heterocycles. The quantitative estimate of drug-likeness (QED) is 0.138. The summed E-state index contributed by atoms with van der Waals surface area (Å²) >= 11 is 0. The van der Waals surface area contributed by atoms with Gasteiger partial charge < -0.3 is 24.3 Å². The summed E-state index contributed by atoms with van der Waals surface area (Å²) in [4.78, 5) is 32.2. The first-order valence-electron chi connectivity index (χ1n) is 18.0. The number of nitrogens with zero attached hydrogens (tertiary/aromatic N) is 1. The second-order valence-corrected chi connectivity index (χ2v) is 14.5. The number of aromatic nitrogens is 1. The van der Waals surface area contributed by atoms with E-state index in [-0.39, 0.29) is 42.6 Å². The van der Waals surface area contributed by atoms with Crippen LogP contribution in [0.2, 0.25) is 0 Å². The van der Waals surface area contributed by atoms with E-state index in [4.69, 9.17) is 23.9 Å². The molecule has 5 aromatic rings. The van der Waals surface area contributed by atoms with Gasteiger partial charge in [0.2, 0.25) is 0 Å². The lowest BCUT2D eigenvalue weighted by molar-refractivity contribution is -0.139. The molecular weight excluding hydrogens is 671 g/mol. The molecule has 7 rings (SSSR count). The highest BCUT2D eigenvalue weighted by molar-refractivity contribution is 5.89. The number of ether oxygens (including phenoxy) is 4. The first-order chi connectivity index (χ1) is 25.5. The summed E-state index contributed by atoms with van der Waals surface area (Å²) < 4.78 is 37.1. The van der Waals surface area contributed by atoms with Gasteiger partial charge in [0.05, 0.1) is 24.8 Å². The molecule has 0 bridgehead atoms. The van der Waals surface area contributed by atoms with Crippen LogP contribution >= 0.6 is 0 Å². The maximum atomic E-state index is 14.0. The molecule has 1 amide bonds. The number of halogens is 1. The lowest BCUT2D eigenvalue weighted by atomic mass is 9.96. The van der Waals surface area contributed by atoms with Crippen LogP contribution in [0.4, 0.5) is 9.18 Å². The average Bonchev–Trinajstić information content (AvgIpc) is 3.68. The largest absolute Gasteiger partial charge is 0.457 e. The number of carbonyl (C=O) groups is 2. The number of fused-ring (bicyclic) bond motifs is 3. The molecule has 1 aliphatic carbocycles. The molecule has 0 saturated carbocycles. The number of benzene rings is 4. The smallest absolute Gasteiger partial charge is 0.407 e. The van der Waals surface area contributed by atoms with Crippen LogP contribution in [0.15, 0.2) is 109 Å². The van der Waals surface area contributed by atoms with Crippen LogP contribution in [0.3, 0.4) is 0 Å². The Morgan fingerprint density at radius 2 is 1.51 bits per heavy atom. The van der Waals surface area contributed by atoms with E-state index in [0.29, 0.717) is 35.9 Å². The molecule has 1 aromatic heterocycles. The van der Waals surface area contributed by atoms with E-state index in [2.05, 4.69) is 29.6 Å². The Balaban J connectivity index is 1.08. The topological polar surface area (TPSA) is 96.0 Å². The molecule has 0 spiro atoms. The van der Waals surface area contributed by atoms with Gasteiger partial charge in [-0.2, -0.15) is 0 Å². The second kappa shape index (κ2) is 15.3. The lowest BCUT2D eigenvalue weighted by Crippen LogP contribution is -2.43. The van der Waals surface area contributed by atoms with E-state index in [1.807, 2.05) is 88.4 Å². The van der Waals surface area contributed by atoms with Crippen LogP contribution in [-0.4, -0.2) is 41.9 Å². The van der Waals surface area contributed by atoms with Crippen LogP contribution in [0.5, 0.6) is 11.5 Å². The third kappa shape index (κ3) is 8.48. The van der Waals surface area contributed by atoms with Crippen LogP contribution in [0, 0.1) is 11.7 Å². The minimum Gasteiger partial charge on any atom is -0.457 e. The van der Waals surface area contributed by atoms with Gasteiger partial charge in [0, 0.05) is 17.2 Å². The first-order valence-corrected chi connectivity index (χ1v) is 18.0. The van der Waals surface area contributed by atoms with Crippen molar-refractivity contribution >= 4 is 11.9 Å². The second-order valence-electron chi connectivity index (χ2n) is 14.5. The number of amides is 1. The molecule has 0 radical (unpaired) electrons. The van der Waals surface area contributed by atoms with Crippen molar-refractivity contribution in [1.82, 2.24) is 10.3 Å². The molecule has 4 aromatic carbocycles. The fourth-order valence-electron chi connectivity index (χ4n) is 7.05. The SMILES string of the molecule is CC(C)C[C@H](NC(=O)OCC1c2ccccc2-c2ccccc21)C(=O)Cc1cc([C@H]2COC(C)(C)O2)cc(-c2ccc(Oc3ccc(F)cc3)cc2)n1. The normalized spacial score (nSPS) is 16.5. The summed E-state index contributed by atoms with van der Waals surface area (Å²) in [5, 5.41) is 2.88. The van der Waals surface area contributed by atoms with Gasteiger partial charge in [-0.15, -0.1) is 0 Å². The third-order valence-corrected chi connectivity index (χ3v) is 9.57. The van der Waals surface area contributed by atoms with Crippen molar-refractivity contribution in [1.29, 1.82) is 0 Å². The van der Waals surface area contributed by atoms with Gasteiger partial charge in [-0.3, -0.25) is 9.78 Å². The van der Waals surface area contributed by atoms with E-state index in [1.54, 1.807) is 12.1 Å². The zero-order valence-electron chi connectivity index (χ0n) is 30.3. The molecule has 8 nitrogen and oxygen atoms in total. The number of pyridine rings is 1. The molecule has 1 fully saturated rings. The minimum atomic E-state index is -0.771. The van der Waals surface area contributed by atoms with Crippen molar-refractivity contribution in [3.8, 4) is 33.9 Å². The predicted molar refractivity (Wildman–Crippen MR) is 200 cm³/mol. The van der Waals surface area contributed by atoms with Crippen molar-refractivity contribution in [3.05, 3.63) is 137 Å². The van der Waals surface area contributed by atoms with Gasteiger partial charge in [0.15, 0.2) is 11.6 Å². The molecular formula is C44H43FN2O6. The lowest BCUT2D eigenvalue weighted by Gasteiger charge is -2.21. The van der Waals surface area contributed by atoms with E-state index in [9.17, 15) is 14.0 Å². The van der Waals surface area contributed by atoms with Crippen molar-refractivity contribution in [2.75, 3.05) is 13.2 Å². The zero-order valence-corrected chi connectivity index (χ0v) is 30.3. The average molecular weight is 715 g/mol. The van der Waals surface area contributed by atoms with Gasteiger partial charge in [-0.25, -0.2) is 9.18 Å². The molecule has 0 unspecified atom stereocenters. The number of alkyl carbamates (subject to hydrolysis) is 1. The summed E-state index contributed by atoms with van der Waals surface area (Å²) in [6.45, 7) is 8.27. The van der Waals surface area contributed by atoms with Gasteiger partial charge in [-0.1, -0.05) is 62.4 Å². The van der Waals surface area contributed by atoms with Crippen LogP contribution in [0.1, 0.15) is 68.5 Å². The highest BCUT2D eigenvalue weighted by Gasteiger charge is 2.35. The van der Waals surface area contributed by atoms with Crippen molar-refractivity contribution < 1.29 is 32.9 Å². The minimum absolute atomic E-state index is 0.00931. The highest BCUT2D eigenvalue weighted by Crippen LogP contribution is 2.44. The molecule has 2 heterocycles. The fourth-order valence-corrected chi connectivity index (χ4v) is 7.05. The predicted octanol–water partition coefficient (Wildman–Crippen LogP) is 9.57. The van der Waals surface area contributed by atoms with E-state index in [1.165, 1.54) is 12.1 Å². The number of rotatable bonds is 12. The summed E-state index contributed by atoms with van der Waals surface area (Å²) in [6.07, 6.45) is -0.550. The van der Waals surface area contributed by atoms with Gasteiger partial charge in [0.25, 0.3) is 0 Å². The number of carbonyl (C=O) groups excluding carboxylic acids is 2. The maximum absolute atomic E-state index is 14.0. The van der Waals surface area contributed by atoms with Crippen molar-refractivity contribution in [2.45, 2.75) is 64.4 Å². The zero-order chi connectivity index (χ0) is 37.1. The van der Waals surface area contributed by atoms with Crippen LogP contribution in [0.25, 0.3) is 22.4 Å². The number of hydrogen-bond acceptors (Lipinski definition) is 7. The number of ketones is 1. The number of Topliss-reactive ketones (excluding diaryl/α,β-unsaturated/α-hetero) is 1. The molecule has 272 valence electrons. The third-order valence-electron chi connectivity index (χ3n) is 9.57. The highest BCUT2D eigenvalue weighted by atomic mass is 19.1. The monoisotopic (exact) mass is 714 g/mol. The molecule has 1 N–H and O–H groups in total. The van der Waals surface area contributed by atoms with Crippen LogP contribution < -0.4 is 10.1 Å². The van der Waals surface area contributed by atoms with E-state index < -0.39 is 17.9 Å². The van der Waals surface area contributed by atoms with E-state index in [0.717, 1.165) is 33.4 Å². The Labute approximate surface area is 309 Å². The number of nitrogens with one attached hydrogen (secondary N) is 1. The maximum Gasteiger partial charge on any atom is 0.407 e. The summed E-state index contributed by atoms with van der Waals surface area (Å²) in [7, 11) is 0. The Morgan fingerprint density at radius 3 is 2.11 bits per heavy atom. The summed E-state index contributed by atoms with van der Waals surface area (Å²) in [5.74, 6) is -0.117. The summed E-state index contributed by atoms with van der Waals surface area (Å²) in [6, 6.07) is 32.6. The van der Waals surface area contributed by atoms with E-state index >= 15 is 0 Å². The van der Waals surface area contributed by atoms with Crippen LogP contribution in [-0.2, 0) is 25.4 Å². The van der Waals surface area contributed by atoms with Gasteiger partial charge >= 0.3 is 6.09 Å². The Kier molecular flexibility index (Phi) is 10.4. The summed E-state index contributed by atoms with van der Waals surface area (Å²) in [5.41, 5.74) is 7.36. The Hall–Kier alpha value is -5.38. The standard InChI is InChI=1S/C44H43FN2O6/c1-27(2)21-40(47-43(49)50-25-38-36-11-7-5-9-34(36)35-10-6-8-12-37(35)38)41(48)24-31-22-29(42-26-51-44(3,4)53-42)23-39(46-31)28-13-17-32(18-14-28)52-33-19-15-30(45)16-20-33/h5-20,22-23,27,38,40,42H,21,24-26H2,1-4H3,(H,47,49)/t40-,42+/m0/s1. The molecule has 9 heteroatoms. The van der Waals surface area contributed by atoms with Crippen molar-refractivity contribution in [2.24, 2.45) is 5.92 Å². The Bertz CT molecular complexity index is 2050. The fraction of sp³-hybridized carbons (Fsp3) is 0.295. The van der Waals surface area contributed by atoms with Crippen molar-refractivity contribution in [3.63, 3.8) is 0 Å². The molecule has 53 heavy (non-hydrogen) atoms.